The summed E-state index contributed by atoms with van der Waals surface area (Å²) in [5.41, 5.74) is 2.11. The first-order chi connectivity index (χ1) is 8.50. The van der Waals surface area contributed by atoms with Crippen LogP contribution in [0.1, 0.15) is 17.5 Å². The smallest absolute Gasteiger partial charge is 0.223 e. The van der Waals surface area contributed by atoms with Crippen molar-refractivity contribution in [2.75, 3.05) is 27.2 Å². The first-order valence-electron chi connectivity index (χ1n) is 6.16. The summed E-state index contributed by atoms with van der Waals surface area (Å²) in [6, 6.07) is 4.85. The molecule has 0 heterocycles. The number of aryl methyl sites for hydroxylation is 1. The lowest BCUT2D eigenvalue weighted by molar-refractivity contribution is -0.128. The third-order valence-electron chi connectivity index (χ3n) is 2.89. The molecule has 0 aliphatic heterocycles. The van der Waals surface area contributed by atoms with Gasteiger partial charge in [-0.25, -0.2) is 4.39 Å². The molecule has 0 saturated carbocycles. The second-order valence-electron chi connectivity index (χ2n) is 4.61. The zero-order valence-electron chi connectivity index (χ0n) is 11.3. The van der Waals surface area contributed by atoms with Crippen LogP contribution in [-0.4, -0.2) is 38.0 Å². The minimum atomic E-state index is -0.194. The van der Waals surface area contributed by atoms with Gasteiger partial charge in [-0.1, -0.05) is 6.07 Å². The highest BCUT2D eigenvalue weighted by atomic mass is 19.1. The van der Waals surface area contributed by atoms with E-state index in [4.69, 9.17) is 0 Å². The van der Waals surface area contributed by atoms with Crippen molar-refractivity contribution in [3.8, 4) is 0 Å². The fourth-order valence-corrected chi connectivity index (χ4v) is 1.71. The van der Waals surface area contributed by atoms with Crippen LogP contribution >= 0.6 is 0 Å². The third kappa shape index (κ3) is 4.84. The van der Waals surface area contributed by atoms with Crippen molar-refractivity contribution in [3.63, 3.8) is 0 Å². The Kier molecular flexibility index (Phi) is 5.78. The molecular formula is C14H21FN2O. The van der Waals surface area contributed by atoms with E-state index in [0.29, 0.717) is 13.0 Å². The molecule has 1 N–H and O–H groups in total. The lowest BCUT2D eigenvalue weighted by Gasteiger charge is -2.11. The van der Waals surface area contributed by atoms with Gasteiger partial charge in [0, 0.05) is 27.1 Å². The summed E-state index contributed by atoms with van der Waals surface area (Å²) in [6.07, 6.45) is 1.36. The van der Waals surface area contributed by atoms with Crippen LogP contribution in [0.5, 0.6) is 0 Å². The molecule has 0 bridgehead atoms. The van der Waals surface area contributed by atoms with Crippen molar-refractivity contribution < 1.29 is 9.18 Å². The van der Waals surface area contributed by atoms with Gasteiger partial charge in [-0.15, -0.1) is 0 Å². The molecule has 1 aromatic carbocycles. The second-order valence-corrected chi connectivity index (χ2v) is 4.61. The standard InChI is InChI=1S/C14H21FN2O/c1-11-10-13(15)5-4-12(11)6-8-16-9-7-14(18)17(2)3/h4-5,10,16H,6-9H2,1-3H3. The van der Waals surface area contributed by atoms with Gasteiger partial charge in [0.05, 0.1) is 0 Å². The molecule has 1 rings (SSSR count). The Hall–Kier alpha value is -1.42. The van der Waals surface area contributed by atoms with E-state index >= 15 is 0 Å². The fraction of sp³-hybridized carbons (Fsp3) is 0.500. The van der Waals surface area contributed by atoms with E-state index < -0.39 is 0 Å². The van der Waals surface area contributed by atoms with E-state index in [1.165, 1.54) is 6.07 Å². The maximum absolute atomic E-state index is 12.9. The Labute approximate surface area is 108 Å². The highest BCUT2D eigenvalue weighted by Gasteiger charge is 2.03. The molecule has 0 atom stereocenters. The Balaban J connectivity index is 2.24. The van der Waals surface area contributed by atoms with Gasteiger partial charge < -0.3 is 10.2 Å². The molecule has 0 fully saturated rings. The Morgan fingerprint density at radius 3 is 2.67 bits per heavy atom. The van der Waals surface area contributed by atoms with Crippen LogP contribution < -0.4 is 5.32 Å². The van der Waals surface area contributed by atoms with Crippen LogP contribution in [0, 0.1) is 12.7 Å². The summed E-state index contributed by atoms with van der Waals surface area (Å²) < 4.78 is 12.9. The van der Waals surface area contributed by atoms with Crippen LogP contribution in [-0.2, 0) is 11.2 Å². The number of rotatable bonds is 6. The first kappa shape index (κ1) is 14.6. The molecule has 0 spiro atoms. The number of nitrogens with zero attached hydrogens (tertiary/aromatic N) is 1. The third-order valence-corrected chi connectivity index (χ3v) is 2.89. The van der Waals surface area contributed by atoms with Gasteiger partial charge >= 0.3 is 0 Å². The molecule has 0 aliphatic rings. The Bertz CT molecular complexity index is 405. The fourth-order valence-electron chi connectivity index (χ4n) is 1.71. The molecule has 0 aliphatic carbocycles. The Morgan fingerprint density at radius 2 is 2.06 bits per heavy atom. The number of hydrogen-bond acceptors (Lipinski definition) is 2. The van der Waals surface area contributed by atoms with Crippen molar-refractivity contribution in [1.29, 1.82) is 0 Å². The van der Waals surface area contributed by atoms with Crippen molar-refractivity contribution in [3.05, 3.63) is 35.1 Å². The van der Waals surface area contributed by atoms with Crippen molar-refractivity contribution in [2.45, 2.75) is 19.8 Å². The van der Waals surface area contributed by atoms with Crippen LogP contribution in [0.2, 0.25) is 0 Å². The predicted octanol–water partition coefficient (Wildman–Crippen LogP) is 1.74. The maximum atomic E-state index is 12.9. The SMILES string of the molecule is Cc1cc(F)ccc1CCNCCC(=O)N(C)C. The van der Waals surface area contributed by atoms with E-state index in [1.54, 1.807) is 25.1 Å². The number of carbonyl (C=O) groups is 1. The molecule has 1 amide bonds. The van der Waals surface area contributed by atoms with Gasteiger partial charge in [0.25, 0.3) is 0 Å². The van der Waals surface area contributed by atoms with Gasteiger partial charge in [0.15, 0.2) is 0 Å². The van der Waals surface area contributed by atoms with Crippen LogP contribution in [0.4, 0.5) is 4.39 Å². The molecule has 0 radical (unpaired) electrons. The van der Waals surface area contributed by atoms with Crippen LogP contribution in [0.15, 0.2) is 18.2 Å². The minimum absolute atomic E-state index is 0.125. The number of hydrogen-bond donors (Lipinski definition) is 1. The minimum Gasteiger partial charge on any atom is -0.349 e. The second kappa shape index (κ2) is 7.11. The van der Waals surface area contributed by atoms with E-state index in [0.717, 1.165) is 24.1 Å². The van der Waals surface area contributed by atoms with E-state index in [2.05, 4.69) is 5.32 Å². The molecule has 18 heavy (non-hydrogen) atoms. The summed E-state index contributed by atoms with van der Waals surface area (Å²) >= 11 is 0. The number of amides is 1. The van der Waals surface area contributed by atoms with Crippen molar-refractivity contribution >= 4 is 5.91 Å². The molecule has 0 aromatic heterocycles. The molecule has 3 nitrogen and oxygen atoms in total. The molecule has 0 saturated heterocycles. The number of benzene rings is 1. The summed E-state index contributed by atoms with van der Waals surface area (Å²) in [5.74, 6) is -0.0683. The number of halogens is 1. The monoisotopic (exact) mass is 252 g/mol. The Morgan fingerprint density at radius 1 is 1.33 bits per heavy atom. The summed E-state index contributed by atoms with van der Waals surface area (Å²) in [7, 11) is 3.51. The molecule has 0 unspecified atom stereocenters. The molecule has 100 valence electrons. The van der Waals surface area contributed by atoms with Gasteiger partial charge in [-0.2, -0.15) is 0 Å². The average molecular weight is 252 g/mol. The normalized spacial score (nSPS) is 10.4. The van der Waals surface area contributed by atoms with Crippen molar-refractivity contribution in [1.82, 2.24) is 10.2 Å². The first-order valence-corrected chi connectivity index (χ1v) is 6.16. The quantitative estimate of drug-likeness (QED) is 0.782. The highest BCUT2D eigenvalue weighted by molar-refractivity contribution is 5.75. The van der Waals surface area contributed by atoms with Crippen molar-refractivity contribution in [2.24, 2.45) is 0 Å². The van der Waals surface area contributed by atoms with Gasteiger partial charge in [-0.3, -0.25) is 4.79 Å². The lowest BCUT2D eigenvalue weighted by Crippen LogP contribution is -2.27. The number of carbonyl (C=O) groups excluding carboxylic acids is 1. The summed E-state index contributed by atoms with van der Waals surface area (Å²) in [6.45, 7) is 3.39. The van der Waals surface area contributed by atoms with Gasteiger partial charge in [-0.05, 0) is 43.1 Å². The maximum Gasteiger partial charge on any atom is 0.223 e. The number of nitrogens with one attached hydrogen (secondary N) is 1. The lowest BCUT2D eigenvalue weighted by atomic mass is 10.1. The van der Waals surface area contributed by atoms with Crippen LogP contribution in [0.25, 0.3) is 0 Å². The van der Waals surface area contributed by atoms with E-state index in [1.807, 2.05) is 13.0 Å². The topological polar surface area (TPSA) is 32.3 Å². The van der Waals surface area contributed by atoms with E-state index in [-0.39, 0.29) is 11.7 Å². The zero-order valence-corrected chi connectivity index (χ0v) is 11.3. The average Bonchev–Trinajstić information content (AvgIpc) is 2.30. The summed E-state index contributed by atoms with van der Waals surface area (Å²) in [4.78, 5) is 12.9. The van der Waals surface area contributed by atoms with Crippen LogP contribution in [0.3, 0.4) is 0 Å². The van der Waals surface area contributed by atoms with E-state index in [9.17, 15) is 9.18 Å². The largest absolute Gasteiger partial charge is 0.349 e. The molecule has 1 aromatic rings. The molecular weight excluding hydrogens is 231 g/mol. The zero-order chi connectivity index (χ0) is 13.5. The molecule has 4 heteroatoms. The van der Waals surface area contributed by atoms with Gasteiger partial charge in [0.1, 0.15) is 5.82 Å². The predicted molar refractivity (Wildman–Crippen MR) is 71.0 cm³/mol. The summed E-state index contributed by atoms with van der Waals surface area (Å²) in [5, 5.41) is 3.22. The highest BCUT2D eigenvalue weighted by Crippen LogP contribution is 2.10. The van der Waals surface area contributed by atoms with Gasteiger partial charge in [0.2, 0.25) is 5.91 Å².